The molecule has 0 aliphatic rings. The Morgan fingerprint density at radius 2 is 2.12 bits per heavy atom. The second kappa shape index (κ2) is 4.65. The van der Waals surface area contributed by atoms with Crippen LogP contribution in [0.3, 0.4) is 0 Å². The standard InChI is InChI=1S/C9H10F3N3S/c1-5-2-3-6(7(13)16)8(15-5)14-4-9(10,11)12/h2-3H,4H2,1H3,(H2,13,16)(H,14,15). The van der Waals surface area contributed by atoms with Crippen LogP contribution in [0, 0.1) is 6.92 Å². The van der Waals surface area contributed by atoms with E-state index in [2.05, 4.69) is 10.3 Å². The minimum atomic E-state index is -4.31. The van der Waals surface area contributed by atoms with Gasteiger partial charge in [0.1, 0.15) is 17.4 Å². The molecule has 1 heterocycles. The van der Waals surface area contributed by atoms with Crippen molar-refractivity contribution < 1.29 is 13.2 Å². The number of rotatable bonds is 3. The molecule has 0 aliphatic heterocycles. The fourth-order valence-corrected chi connectivity index (χ4v) is 1.24. The number of hydrogen-bond donors (Lipinski definition) is 2. The summed E-state index contributed by atoms with van der Waals surface area (Å²) in [5.41, 5.74) is 6.27. The molecular formula is C9H10F3N3S. The summed E-state index contributed by atoms with van der Waals surface area (Å²) in [7, 11) is 0. The first kappa shape index (κ1) is 12.7. The zero-order valence-corrected chi connectivity index (χ0v) is 9.25. The van der Waals surface area contributed by atoms with Crippen LogP contribution >= 0.6 is 12.2 Å². The Labute approximate surface area is 95.9 Å². The summed E-state index contributed by atoms with van der Waals surface area (Å²) in [6.45, 7) is 0.501. The topological polar surface area (TPSA) is 50.9 Å². The summed E-state index contributed by atoms with van der Waals surface area (Å²) in [5.74, 6) is 0.0600. The summed E-state index contributed by atoms with van der Waals surface area (Å²) >= 11 is 4.72. The second-order valence-electron chi connectivity index (χ2n) is 3.18. The summed E-state index contributed by atoms with van der Waals surface area (Å²) in [5, 5.41) is 2.17. The normalized spacial score (nSPS) is 11.2. The van der Waals surface area contributed by atoms with Gasteiger partial charge in [-0.1, -0.05) is 12.2 Å². The van der Waals surface area contributed by atoms with Crippen LogP contribution in [0.4, 0.5) is 19.0 Å². The third-order valence-electron chi connectivity index (χ3n) is 1.76. The lowest BCUT2D eigenvalue weighted by molar-refractivity contribution is -0.115. The van der Waals surface area contributed by atoms with E-state index in [0.717, 1.165) is 0 Å². The van der Waals surface area contributed by atoms with Crippen molar-refractivity contribution in [1.29, 1.82) is 0 Å². The predicted octanol–water partition coefficient (Wildman–Crippen LogP) is 2.00. The van der Waals surface area contributed by atoms with E-state index in [-0.39, 0.29) is 10.8 Å². The molecule has 0 radical (unpaired) electrons. The van der Waals surface area contributed by atoms with Crippen molar-refractivity contribution in [3.05, 3.63) is 23.4 Å². The Bertz CT molecular complexity index is 403. The number of thiocarbonyl (C=S) groups is 1. The van der Waals surface area contributed by atoms with Crippen LogP contribution in [-0.4, -0.2) is 22.7 Å². The van der Waals surface area contributed by atoms with Crippen molar-refractivity contribution in [3.63, 3.8) is 0 Å². The molecule has 0 aliphatic carbocycles. The molecule has 0 fully saturated rings. The highest BCUT2D eigenvalue weighted by atomic mass is 32.1. The van der Waals surface area contributed by atoms with Crippen LogP contribution in [0.5, 0.6) is 0 Å². The molecule has 3 nitrogen and oxygen atoms in total. The lowest BCUT2D eigenvalue weighted by Gasteiger charge is -2.12. The molecule has 3 N–H and O–H groups in total. The quantitative estimate of drug-likeness (QED) is 0.804. The lowest BCUT2D eigenvalue weighted by atomic mass is 10.2. The number of aryl methyl sites for hydroxylation is 1. The average Bonchev–Trinajstić information content (AvgIpc) is 2.13. The molecule has 88 valence electrons. The zero-order chi connectivity index (χ0) is 12.3. The first-order valence-electron chi connectivity index (χ1n) is 4.37. The minimum Gasteiger partial charge on any atom is -0.389 e. The van der Waals surface area contributed by atoms with E-state index in [1.54, 1.807) is 19.1 Å². The van der Waals surface area contributed by atoms with E-state index in [1.807, 2.05) is 0 Å². The number of pyridine rings is 1. The minimum absolute atomic E-state index is 0.0113. The third-order valence-corrected chi connectivity index (χ3v) is 1.98. The SMILES string of the molecule is Cc1ccc(C(N)=S)c(NCC(F)(F)F)n1. The third kappa shape index (κ3) is 3.65. The molecule has 0 atom stereocenters. The first-order valence-corrected chi connectivity index (χ1v) is 4.78. The van der Waals surface area contributed by atoms with Crippen LogP contribution in [0.1, 0.15) is 11.3 Å². The van der Waals surface area contributed by atoms with Gasteiger partial charge in [-0.3, -0.25) is 0 Å². The molecule has 0 bridgehead atoms. The molecule has 1 rings (SSSR count). The van der Waals surface area contributed by atoms with Gasteiger partial charge in [0.2, 0.25) is 0 Å². The highest BCUT2D eigenvalue weighted by molar-refractivity contribution is 7.80. The fraction of sp³-hybridized carbons (Fsp3) is 0.333. The molecule has 0 amide bonds. The Hall–Kier alpha value is -1.37. The Balaban J connectivity index is 2.93. The van der Waals surface area contributed by atoms with Gasteiger partial charge in [0.15, 0.2) is 0 Å². The van der Waals surface area contributed by atoms with Gasteiger partial charge in [0, 0.05) is 5.69 Å². The van der Waals surface area contributed by atoms with Gasteiger partial charge in [0.25, 0.3) is 0 Å². The van der Waals surface area contributed by atoms with Crippen molar-refractivity contribution in [3.8, 4) is 0 Å². The average molecular weight is 249 g/mol. The zero-order valence-electron chi connectivity index (χ0n) is 8.43. The molecule has 0 saturated carbocycles. The van der Waals surface area contributed by atoms with Crippen LogP contribution in [-0.2, 0) is 0 Å². The number of nitrogens with two attached hydrogens (primary N) is 1. The summed E-state index contributed by atoms with van der Waals surface area (Å²) in [6.07, 6.45) is -4.31. The van der Waals surface area contributed by atoms with Crippen molar-refractivity contribution in [2.45, 2.75) is 13.1 Å². The molecule has 0 aromatic carbocycles. The Morgan fingerprint density at radius 1 is 1.50 bits per heavy atom. The maximum atomic E-state index is 12.0. The maximum Gasteiger partial charge on any atom is 0.405 e. The highest BCUT2D eigenvalue weighted by Crippen LogP contribution is 2.18. The van der Waals surface area contributed by atoms with Crippen LogP contribution in [0.2, 0.25) is 0 Å². The molecular weight excluding hydrogens is 239 g/mol. The molecule has 1 aromatic rings. The van der Waals surface area contributed by atoms with E-state index < -0.39 is 12.7 Å². The molecule has 0 saturated heterocycles. The Kier molecular flexibility index (Phi) is 3.69. The number of alkyl halides is 3. The predicted molar refractivity (Wildman–Crippen MR) is 59.4 cm³/mol. The second-order valence-corrected chi connectivity index (χ2v) is 3.62. The van der Waals surface area contributed by atoms with Crippen molar-refractivity contribution in [1.82, 2.24) is 4.98 Å². The van der Waals surface area contributed by atoms with E-state index >= 15 is 0 Å². The number of aromatic nitrogens is 1. The molecule has 0 spiro atoms. The van der Waals surface area contributed by atoms with E-state index in [9.17, 15) is 13.2 Å². The number of anilines is 1. The lowest BCUT2D eigenvalue weighted by Crippen LogP contribution is -2.24. The molecule has 1 aromatic heterocycles. The van der Waals surface area contributed by atoms with Gasteiger partial charge in [-0.15, -0.1) is 0 Å². The van der Waals surface area contributed by atoms with Crippen molar-refractivity contribution in [2.75, 3.05) is 11.9 Å². The first-order chi connectivity index (χ1) is 7.29. The van der Waals surface area contributed by atoms with Gasteiger partial charge in [-0.05, 0) is 19.1 Å². The summed E-state index contributed by atoms with van der Waals surface area (Å²) in [6, 6.07) is 3.18. The fourth-order valence-electron chi connectivity index (χ4n) is 1.07. The highest BCUT2D eigenvalue weighted by Gasteiger charge is 2.27. The smallest absolute Gasteiger partial charge is 0.389 e. The number of hydrogen-bond acceptors (Lipinski definition) is 3. The van der Waals surface area contributed by atoms with Gasteiger partial charge >= 0.3 is 6.18 Å². The van der Waals surface area contributed by atoms with Gasteiger partial charge in [0.05, 0.1) is 5.56 Å². The largest absolute Gasteiger partial charge is 0.405 e. The molecule has 16 heavy (non-hydrogen) atoms. The van der Waals surface area contributed by atoms with Crippen LogP contribution in [0.15, 0.2) is 12.1 Å². The van der Waals surface area contributed by atoms with Gasteiger partial charge in [-0.2, -0.15) is 13.2 Å². The molecule has 0 unspecified atom stereocenters. The summed E-state index contributed by atoms with van der Waals surface area (Å²) < 4.78 is 36.1. The maximum absolute atomic E-state index is 12.0. The van der Waals surface area contributed by atoms with E-state index in [1.165, 1.54) is 0 Å². The van der Waals surface area contributed by atoms with Gasteiger partial charge < -0.3 is 11.1 Å². The number of nitrogens with one attached hydrogen (secondary N) is 1. The van der Waals surface area contributed by atoms with Crippen molar-refractivity contribution in [2.24, 2.45) is 5.73 Å². The summed E-state index contributed by atoms with van der Waals surface area (Å²) in [4.78, 5) is 3.93. The van der Waals surface area contributed by atoms with Gasteiger partial charge in [-0.25, -0.2) is 4.98 Å². The van der Waals surface area contributed by atoms with Crippen LogP contribution in [0.25, 0.3) is 0 Å². The van der Waals surface area contributed by atoms with Crippen LogP contribution < -0.4 is 11.1 Å². The van der Waals surface area contributed by atoms with Crippen molar-refractivity contribution >= 4 is 23.0 Å². The van der Waals surface area contributed by atoms with E-state index in [0.29, 0.717) is 11.3 Å². The molecule has 7 heteroatoms. The number of halogens is 3. The monoisotopic (exact) mass is 249 g/mol. The Morgan fingerprint density at radius 3 is 2.62 bits per heavy atom. The van der Waals surface area contributed by atoms with E-state index in [4.69, 9.17) is 18.0 Å². The number of nitrogens with zero attached hydrogens (tertiary/aromatic N) is 1.